The molecule has 9 nitrogen and oxygen atoms in total. The molecule has 3 atom stereocenters. The fourth-order valence-corrected chi connectivity index (χ4v) is 5.03. The van der Waals surface area contributed by atoms with E-state index in [2.05, 4.69) is 10.1 Å². The van der Waals surface area contributed by atoms with E-state index in [0.29, 0.717) is 12.2 Å². The smallest absolute Gasteiger partial charge is 0.253 e. The van der Waals surface area contributed by atoms with Crippen LogP contribution < -0.4 is 14.9 Å². The van der Waals surface area contributed by atoms with Gasteiger partial charge in [-0.2, -0.15) is 5.26 Å². The molecule has 0 spiro atoms. The van der Waals surface area contributed by atoms with Gasteiger partial charge in [0, 0.05) is 18.6 Å². The van der Waals surface area contributed by atoms with Crippen LogP contribution in [0.2, 0.25) is 0 Å². The van der Waals surface area contributed by atoms with Crippen molar-refractivity contribution in [3.63, 3.8) is 0 Å². The van der Waals surface area contributed by atoms with Gasteiger partial charge in [0.25, 0.3) is 10.0 Å². The number of benzene rings is 2. The third-order valence-electron chi connectivity index (χ3n) is 5.49. The van der Waals surface area contributed by atoms with Crippen LogP contribution >= 0.6 is 24.0 Å². The first-order valence-electron chi connectivity index (χ1n) is 11.3. The second kappa shape index (κ2) is 13.7. The number of nitrogens with one attached hydrogen (secondary N) is 2. The summed E-state index contributed by atoms with van der Waals surface area (Å²) in [4.78, 5) is 2.37. The molecule has 0 bridgehead atoms. The number of rotatable bonds is 11. The van der Waals surface area contributed by atoms with Crippen LogP contribution in [0.1, 0.15) is 19.4 Å². The number of aliphatic hydroxyl groups is 1. The molecule has 1 saturated heterocycles. The van der Waals surface area contributed by atoms with E-state index < -0.39 is 27.7 Å². The molecule has 1 aliphatic rings. The number of β-amino-alcohol motifs (C(OH)–C–C–N with tert-alkyl or cyclic N) is 1. The Balaban J connectivity index is 0.00000481. The van der Waals surface area contributed by atoms with Gasteiger partial charge in [-0.15, -0.1) is 28.8 Å². The minimum absolute atomic E-state index is 0. The van der Waals surface area contributed by atoms with Gasteiger partial charge in [0.15, 0.2) is 6.10 Å². The maximum absolute atomic E-state index is 13.1. The molecule has 0 aromatic heterocycles. The Kier molecular flexibility index (Phi) is 11.5. The summed E-state index contributed by atoms with van der Waals surface area (Å²) in [6, 6.07) is 13.9. The summed E-state index contributed by atoms with van der Waals surface area (Å²) in [6.07, 6.45) is -1.11. The lowest BCUT2D eigenvalue weighted by atomic mass is 9.94. The van der Waals surface area contributed by atoms with Gasteiger partial charge in [-0.05, 0) is 62.2 Å². The third kappa shape index (κ3) is 9.35. The van der Waals surface area contributed by atoms with Gasteiger partial charge in [-0.3, -0.25) is 0 Å². The van der Waals surface area contributed by atoms with E-state index in [9.17, 15) is 17.9 Å². The summed E-state index contributed by atoms with van der Waals surface area (Å²) in [5, 5.41) is 23.9. The van der Waals surface area contributed by atoms with Gasteiger partial charge < -0.3 is 19.9 Å². The van der Waals surface area contributed by atoms with Crippen LogP contribution in [0.15, 0.2) is 53.4 Å². The van der Waals surface area contributed by atoms with E-state index in [-0.39, 0.29) is 55.0 Å². The molecular formula is C24H31Cl2FN4O5S. The van der Waals surface area contributed by atoms with E-state index in [1.54, 1.807) is 12.1 Å². The van der Waals surface area contributed by atoms with Crippen molar-refractivity contribution in [2.24, 2.45) is 0 Å². The lowest BCUT2D eigenvalue weighted by Gasteiger charge is -2.34. The van der Waals surface area contributed by atoms with Gasteiger partial charge in [-0.1, -0.05) is 12.1 Å². The summed E-state index contributed by atoms with van der Waals surface area (Å²) in [7, 11) is -3.94. The predicted octanol–water partition coefficient (Wildman–Crippen LogP) is 2.58. The maximum atomic E-state index is 13.1. The molecule has 2 aromatic carbocycles. The molecule has 204 valence electrons. The van der Waals surface area contributed by atoms with E-state index in [0.717, 1.165) is 5.56 Å². The van der Waals surface area contributed by atoms with Crippen molar-refractivity contribution in [2.75, 3.05) is 26.3 Å². The number of hydrogen-bond acceptors (Lipinski definition) is 8. The quantitative estimate of drug-likeness (QED) is 0.275. The average molecular weight is 578 g/mol. The Hall–Kier alpha value is -2.01. The summed E-state index contributed by atoms with van der Waals surface area (Å²) in [5.74, 6) is 0.110. The molecule has 2 aromatic rings. The molecule has 3 N–H and O–H groups in total. The first kappa shape index (κ1) is 31.2. The maximum Gasteiger partial charge on any atom is 0.253 e. The van der Waals surface area contributed by atoms with Gasteiger partial charge in [0.05, 0.1) is 17.6 Å². The lowest BCUT2D eigenvalue weighted by Crippen LogP contribution is -2.55. The first-order chi connectivity index (χ1) is 17.0. The van der Waals surface area contributed by atoms with Crippen molar-refractivity contribution in [1.82, 2.24) is 15.2 Å². The number of nitrogens with zero attached hydrogens (tertiary/aromatic N) is 2. The molecule has 3 rings (SSSR count). The van der Waals surface area contributed by atoms with Gasteiger partial charge in [-0.25, -0.2) is 17.8 Å². The Morgan fingerprint density at radius 2 is 1.92 bits per heavy atom. The molecule has 13 heteroatoms. The SMILES string of the molecule is CC(C)(Cc1ccc(F)cc1)NC[C@@H](O)COc1ccc(S(=O)(=O)NN2CCOC(C#N)C2Cl)cc1.Cl. The zero-order chi connectivity index (χ0) is 26.3. The standard InChI is InChI=1S/C24H30ClFN4O5S.ClH/c1-24(2,13-17-3-5-18(26)6-4-17)28-15-19(31)16-35-20-7-9-21(10-8-20)36(32,33)29-30-11-12-34-22(14-27)23(30)25;/h3-10,19,22-23,28-29,31H,11-13,15-16H2,1-2H3;1H/t19-,22?,23?;/m1./s1. The monoisotopic (exact) mass is 576 g/mol. The van der Waals surface area contributed by atoms with E-state index in [4.69, 9.17) is 26.3 Å². The first-order valence-corrected chi connectivity index (χ1v) is 13.3. The summed E-state index contributed by atoms with van der Waals surface area (Å²) < 4.78 is 49.3. The van der Waals surface area contributed by atoms with Crippen LogP contribution in [-0.2, 0) is 21.2 Å². The number of halogens is 3. The molecule has 2 unspecified atom stereocenters. The summed E-state index contributed by atoms with van der Waals surface area (Å²) >= 11 is 6.13. The van der Waals surface area contributed by atoms with Crippen LogP contribution in [0.5, 0.6) is 5.75 Å². The highest BCUT2D eigenvalue weighted by atomic mass is 35.5. The molecule has 1 fully saturated rings. The van der Waals surface area contributed by atoms with Gasteiger partial charge in [0.1, 0.15) is 29.8 Å². The Labute approximate surface area is 227 Å². The van der Waals surface area contributed by atoms with Crippen molar-refractivity contribution in [1.29, 1.82) is 5.26 Å². The molecular weight excluding hydrogens is 546 g/mol. The number of ether oxygens (including phenoxy) is 2. The average Bonchev–Trinajstić information content (AvgIpc) is 2.84. The Morgan fingerprint density at radius 3 is 2.54 bits per heavy atom. The number of morpholine rings is 1. The second-order valence-corrected chi connectivity index (χ2v) is 11.2. The number of nitriles is 1. The van der Waals surface area contributed by atoms with E-state index in [1.807, 2.05) is 19.9 Å². The molecule has 0 radical (unpaired) electrons. The zero-order valence-electron chi connectivity index (χ0n) is 20.4. The van der Waals surface area contributed by atoms with Gasteiger partial charge in [0.2, 0.25) is 0 Å². The van der Waals surface area contributed by atoms with Crippen molar-refractivity contribution < 1.29 is 27.4 Å². The Morgan fingerprint density at radius 1 is 1.27 bits per heavy atom. The second-order valence-electron chi connectivity index (χ2n) is 9.09. The van der Waals surface area contributed by atoms with Crippen molar-refractivity contribution in [2.45, 2.75) is 48.4 Å². The fourth-order valence-electron chi connectivity index (χ4n) is 3.58. The largest absolute Gasteiger partial charge is 0.491 e. The van der Waals surface area contributed by atoms with E-state index >= 15 is 0 Å². The molecule has 0 saturated carbocycles. The van der Waals surface area contributed by atoms with Crippen molar-refractivity contribution in [3.05, 3.63) is 59.9 Å². The van der Waals surface area contributed by atoms with Gasteiger partial charge >= 0.3 is 0 Å². The van der Waals surface area contributed by atoms with Crippen LogP contribution in [0, 0.1) is 17.1 Å². The highest BCUT2D eigenvalue weighted by Crippen LogP contribution is 2.20. The number of hydrazine groups is 1. The normalized spacial score (nSPS) is 19.5. The number of sulfonamides is 1. The molecule has 37 heavy (non-hydrogen) atoms. The van der Waals surface area contributed by atoms with Crippen LogP contribution in [0.4, 0.5) is 4.39 Å². The highest BCUT2D eigenvalue weighted by Gasteiger charge is 2.33. The van der Waals surface area contributed by atoms with E-state index in [1.165, 1.54) is 41.4 Å². The van der Waals surface area contributed by atoms with Crippen LogP contribution in [0.3, 0.4) is 0 Å². The molecule has 0 aliphatic carbocycles. The molecule has 1 aliphatic heterocycles. The lowest BCUT2D eigenvalue weighted by molar-refractivity contribution is -0.0247. The van der Waals surface area contributed by atoms with Crippen molar-refractivity contribution >= 4 is 34.0 Å². The topological polar surface area (TPSA) is 124 Å². The third-order valence-corrected chi connectivity index (χ3v) is 7.33. The van der Waals surface area contributed by atoms with Crippen LogP contribution in [-0.4, -0.2) is 68.1 Å². The Bertz CT molecular complexity index is 1150. The molecule has 1 heterocycles. The zero-order valence-corrected chi connectivity index (χ0v) is 22.8. The minimum atomic E-state index is -3.94. The summed E-state index contributed by atoms with van der Waals surface area (Å²) in [5.41, 5.74) is -0.321. The van der Waals surface area contributed by atoms with Crippen LogP contribution in [0.25, 0.3) is 0 Å². The highest BCUT2D eigenvalue weighted by molar-refractivity contribution is 7.89. The number of hydrogen-bond donors (Lipinski definition) is 3. The fraction of sp³-hybridized carbons (Fsp3) is 0.458. The molecule has 0 amide bonds. The summed E-state index contributed by atoms with van der Waals surface area (Å²) in [6.45, 7) is 4.60. The minimum Gasteiger partial charge on any atom is -0.491 e. The number of alkyl halides is 1. The predicted molar refractivity (Wildman–Crippen MR) is 139 cm³/mol. The number of aliphatic hydroxyl groups excluding tert-OH is 1. The van der Waals surface area contributed by atoms with Crippen molar-refractivity contribution in [3.8, 4) is 11.8 Å².